The Balaban J connectivity index is 1.56. The molecule has 4 rings (SSSR count). The summed E-state index contributed by atoms with van der Waals surface area (Å²) in [6.45, 7) is 4.34. The number of piperazine rings is 1. The van der Waals surface area contributed by atoms with Crippen molar-refractivity contribution in [2.75, 3.05) is 54.0 Å². The number of halogens is 1. The Hall–Kier alpha value is -2.61. The fourth-order valence-corrected chi connectivity index (χ4v) is 4.21. The molecule has 0 spiro atoms. The third-order valence-electron chi connectivity index (χ3n) is 5.39. The third kappa shape index (κ3) is 3.69. The van der Waals surface area contributed by atoms with E-state index in [1.54, 1.807) is 0 Å². The lowest BCUT2D eigenvalue weighted by Gasteiger charge is -2.37. The molecule has 2 aliphatic heterocycles. The van der Waals surface area contributed by atoms with E-state index in [1.165, 1.54) is 6.33 Å². The van der Waals surface area contributed by atoms with Crippen LogP contribution >= 0.6 is 11.6 Å². The maximum Gasteiger partial charge on any atom is 0.353 e. The first-order valence-corrected chi connectivity index (χ1v) is 10.0. The van der Waals surface area contributed by atoms with E-state index in [-0.39, 0.29) is 10.6 Å². The van der Waals surface area contributed by atoms with Gasteiger partial charge in [-0.3, -0.25) is 10.1 Å². The van der Waals surface area contributed by atoms with Gasteiger partial charge in [-0.25, -0.2) is 9.97 Å². The summed E-state index contributed by atoms with van der Waals surface area (Å²) < 4.78 is 0. The lowest BCUT2D eigenvalue weighted by molar-refractivity contribution is -0.383. The molecule has 0 saturated carbocycles. The average molecular weight is 403 g/mol. The molecule has 0 unspecified atom stereocenters. The monoisotopic (exact) mass is 402 g/mol. The van der Waals surface area contributed by atoms with Gasteiger partial charge in [0.1, 0.15) is 6.33 Å². The Morgan fingerprint density at radius 3 is 2.04 bits per heavy atom. The summed E-state index contributed by atoms with van der Waals surface area (Å²) in [5.74, 6) is 0.864. The number of para-hydroxylation sites is 1. The van der Waals surface area contributed by atoms with Crippen molar-refractivity contribution in [1.82, 2.24) is 9.97 Å². The summed E-state index contributed by atoms with van der Waals surface area (Å²) in [7, 11) is 0. The topological polar surface area (TPSA) is 78.6 Å². The smallest absolute Gasteiger partial charge is 0.353 e. The number of rotatable bonds is 4. The van der Waals surface area contributed by atoms with Crippen LogP contribution in [0, 0.1) is 10.1 Å². The summed E-state index contributed by atoms with van der Waals surface area (Å²) >= 11 is 6.31. The highest BCUT2D eigenvalue weighted by Gasteiger charge is 2.32. The molecule has 8 nitrogen and oxygen atoms in total. The standard InChI is InChI=1S/C19H23ClN6O2/c20-15-6-2-3-7-16(15)23-10-12-25(13-11-23)19-17(26(27)28)18(21-14-22-19)24-8-4-1-5-9-24/h2-3,6-7,14H,1,4-5,8-13H2. The van der Waals surface area contributed by atoms with E-state index >= 15 is 0 Å². The van der Waals surface area contributed by atoms with Crippen LogP contribution in [-0.4, -0.2) is 54.2 Å². The zero-order valence-corrected chi connectivity index (χ0v) is 16.4. The van der Waals surface area contributed by atoms with Gasteiger partial charge in [0.15, 0.2) is 0 Å². The molecule has 2 saturated heterocycles. The van der Waals surface area contributed by atoms with Crippen molar-refractivity contribution >= 4 is 34.6 Å². The summed E-state index contributed by atoms with van der Waals surface area (Å²) in [5.41, 5.74) is 1.02. The molecule has 0 aliphatic carbocycles. The highest BCUT2D eigenvalue weighted by molar-refractivity contribution is 6.33. The van der Waals surface area contributed by atoms with Gasteiger partial charge in [-0.2, -0.15) is 0 Å². The van der Waals surface area contributed by atoms with Crippen molar-refractivity contribution in [3.63, 3.8) is 0 Å². The number of benzene rings is 1. The van der Waals surface area contributed by atoms with Crippen LogP contribution in [0.4, 0.5) is 23.0 Å². The van der Waals surface area contributed by atoms with Crippen LogP contribution in [-0.2, 0) is 0 Å². The minimum atomic E-state index is -0.334. The predicted molar refractivity (Wildman–Crippen MR) is 111 cm³/mol. The second-order valence-electron chi connectivity index (χ2n) is 7.10. The second kappa shape index (κ2) is 8.18. The maximum atomic E-state index is 11.9. The Morgan fingerprint density at radius 2 is 1.43 bits per heavy atom. The quantitative estimate of drug-likeness (QED) is 0.573. The largest absolute Gasteiger partial charge is 0.367 e. The summed E-state index contributed by atoms with van der Waals surface area (Å²) in [6.07, 6.45) is 4.68. The normalized spacial score (nSPS) is 17.7. The first-order chi connectivity index (χ1) is 13.6. The summed E-state index contributed by atoms with van der Waals surface area (Å²) in [5, 5.41) is 12.6. The van der Waals surface area contributed by atoms with Crippen molar-refractivity contribution in [3.8, 4) is 0 Å². The van der Waals surface area contributed by atoms with Gasteiger partial charge in [-0.15, -0.1) is 0 Å². The molecular weight excluding hydrogens is 380 g/mol. The number of anilines is 3. The first-order valence-electron chi connectivity index (χ1n) is 9.64. The Labute approximate surface area is 168 Å². The van der Waals surface area contributed by atoms with E-state index < -0.39 is 0 Å². The fourth-order valence-electron chi connectivity index (χ4n) is 3.96. The predicted octanol–water partition coefficient (Wildman–Crippen LogP) is 3.36. The van der Waals surface area contributed by atoms with E-state index in [0.717, 1.165) is 56.2 Å². The summed E-state index contributed by atoms with van der Waals surface area (Å²) in [4.78, 5) is 26.4. The van der Waals surface area contributed by atoms with Crippen molar-refractivity contribution < 1.29 is 4.92 Å². The lowest BCUT2D eigenvalue weighted by Crippen LogP contribution is -2.47. The minimum absolute atomic E-state index is 0.0237. The van der Waals surface area contributed by atoms with E-state index in [9.17, 15) is 10.1 Å². The van der Waals surface area contributed by atoms with E-state index in [1.807, 2.05) is 34.1 Å². The van der Waals surface area contributed by atoms with Crippen molar-refractivity contribution in [1.29, 1.82) is 0 Å². The van der Waals surface area contributed by atoms with Crippen LogP contribution in [0.25, 0.3) is 0 Å². The molecule has 0 amide bonds. The molecule has 2 fully saturated rings. The number of nitro groups is 1. The molecule has 3 heterocycles. The lowest BCUT2D eigenvalue weighted by atomic mass is 10.1. The molecule has 0 atom stereocenters. The van der Waals surface area contributed by atoms with Crippen LogP contribution in [0.5, 0.6) is 0 Å². The van der Waals surface area contributed by atoms with Crippen LogP contribution in [0.15, 0.2) is 30.6 Å². The minimum Gasteiger partial charge on any atom is -0.367 e. The fraction of sp³-hybridized carbons (Fsp3) is 0.474. The van der Waals surface area contributed by atoms with Crippen LogP contribution in [0.1, 0.15) is 19.3 Å². The highest BCUT2D eigenvalue weighted by atomic mass is 35.5. The zero-order chi connectivity index (χ0) is 19.5. The molecule has 2 aliphatic rings. The van der Waals surface area contributed by atoms with Crippen LogP contribution < -0.4 is 14.7 Å². The van der Waals surface area contributed by atoms with Gasteiger partial charge in [0.05, 0.1) is 15.6 Å². The van der Waals surface area contributed by atoms with E-state index in [4.69, 9.17) is 11.6 Å². The number of piperidine rings is 1. The highest BCUT2D eigenvalue weighted by Crippen LogP contribution is 2.36. The first kappa shape index (κ1) is 18.7. The maximum absolute atomic E-state index is 11.9. The number of hydrogen-bond donors (Lipinski definition) is 0. The van der Waals surface area contributed by atoms with Crippen molar-refractivity contribution in [2.45, 2.75) is 19.3 Å². The van der Waals surface area contributed by atoms with Crippen molar-refractivity contribution in [3.05, 3.63) is 45.7 Å². The third-order valence-corrected chi connectivity index (χ3v) is 5.71. The summed E-state index contributed by atoms with van der Waals surface area (Å²) in [6, 6.07) is 7.76. The Bertz CT molecular complexity index is 850. The molecule has 9 heteroatoms. The van der Waals surface area contributed by atoms with Gasteiger partial charge in [-0.1, -0.05) is 23.7 Å². The number of nitrogens with zero attached hydrogens (tertiary/aromatic N) is 6. The van der Waals surface area contributed by atoms with Gasteiger partial charge in [-0.05, 0) is 31.4 Å². The van der Waals surface area contributed by atoms with E-state index in [2.05, 4.69) is 14.9 Å². The van der Waals surface area contributed by atoms with E-state index in [0.29, 0.717) is 24.7 Å². The Kier molecular flexibility index (Phi) is 5.47. The molecule has 2 aromatic rings. The molecule has 1 aromatic heterocycles. The van der Waals surface area contributed by atoms with Gasteiger partial charge < -0.3 is 14.7 Å². The number of aromatic nitrogens is 2. The average Bonchev–Trinajstić information content (AvgIpc) is 2.74. The molecule has 0 radical (unpaired) electrons. The number of hydrogen-bond acceptors (Lipinski definition) is 7. The molecule has 1 aromatic carbocycles. The second-order valence-corrected chi connectivity index (χ2v) is 7.51. The van der Waals surface area contributed by atoms with Gasteiger partial charge >= 0.3 is 5.69 Å². The Morgan fingerprint density at radius 1 is 0.857 bits per heavy atom. The van der Waals surface area contributed by atoms with Gasteiger partial charge in [0.2, 0.25) is 11.6 Å². The molecular formula is C19H23ClN6O2. The molecule has 0 N–H and O–H groups in total. The molecule has 28 heavy (non-hydrogen) atoms. The van der Waals surface area contributed by atoms with Crippen molar-refractivity contribution in [2.24, 2.45) is 0 Å². The van der Waals surface area contributed by atoms with Crippen LogP contribution in [0.2, 0.25) is 5.02 Å². The molecule has 148 valence electrons. The van der Waals surface area contributed by atoms with Gasteiger partial charge in [0, 0.05) is 39.3 Å². The van der Waals surface area contributed by atoms with Gasteiger partial charge in [0.25, 0.3) is 0 Å². The molecule has 0 bridgehead atoms. The van der Waals surface area contributed by atoms with Crippen LogP contribution in [0.3, 0.4) is 0 Å². The zero-order valence-electron chi connectivity index (χ0n) is 15.6. The SMILES string of the molecule is O=[N+]([O-])c1c(N2CCCCC2)ncnc1N1CCN(c2ccccc2Cl)CC1.